The van der Waals surface area contributed by atoms with Gasteiger partial charge in [0.1, 0.15) is 0 Å². The van der Waals surface area contributed by atoms with Crippen molar-refractivity contribution < 1.29 is 9.90 Å². The number of benzene rings is 1. The zero-order valence-corrected chi connectivity index (χ0v) is 10.6. The molecule has 0 fully saturated rings. The van der Waals surface area contributed by atoms with Gasteiger partial charge in [0, 0.05) is 18.0 Å². The van der Waals surface area contributed by atoms with Crippen LogP contribution in [0.3, 0.4) is 0 Å². The summed E-state index contributed by atoms with van der Waals surface area (Å²) in [5.74, 6) is -0.879. The van der Waals surface area contributed by atoms with Crippen LogP contribution < -0.4 is 0 Å². The number of nitrogens with zero attached hydrogens (tertiary/aromatic N) is 1. The van der Waals surface area contributed by atoms with E-state index in [1.165, 1.54) is 0 Å². The van der Waals surface area contributed by atoms with Crippen LogP contribution in [-0.2, 0) is 7.05 Å². The number of para-hydroxylation sites is 1. The van der Waals surface area contributed by atoms with Crippen molar-refractivity contribution in [2.45, 2.75) is 0 Å². The van der Waals surface area contributed by atoms with Crippen molar-refractivity contribution >= 4 is 28.2 Å². The Bertz CT molecular complexity index is 726. The second kappa shape index (κ2) is 3.99. The third kappa shape index (κ3) is 1.46. The number of hydrogen-bond donors (Lipinski definition) is 1. The normalized spacial score (nSPS) is 10.9. The number of hydrogen-bond acceptors (Lipinski definition) is 2. The van der Waals surface area contributed by atoms with E-state index in [0.29, 0.717) is 5.56 Å². The number of aryl methyl sites for hydroxylation is 1. The van der Waals surface area contributed by atoms with E-state index in [2.05, 4.69) is 0 Å². The fourth-order valence-corrected chi connectivity index (χ4v) is 3.12. The lowest BCUT2D eigenvalue weighted by molar-refractivity contribution is 0.0700. The highest BCUT2D eigenvalue weighted by atomic mass is 32.1. The predicted octanol–water partition coefficient (Wildman–Crippen LogP) is 3.61. The molecule has 18 heavy (non-hydrogen) atoms. The maximum atomic E-state index is 11.5. The van der Waals surface area contributed by atoms with Crippen molar-refractivity contribution in [3.05, 3.63) is 47.3 Å². The SMILES string of the molecule is Cn1c(-c2cccs2)c(C(=O)O)c2ccccc21. The summed E-state index contributed by atoms with van der Waals surface area (Å²) in [5.41, 5.74) is 2.10. The number of rotatable bonds is 2. The zero-order valence-electron chi connectivity index (χ0n) is 9.75. The van der Waals surface area contributed by atoms with Crippen LogP contribution in [0.25, 0.3) is 21.5 Å². The summed E-state index contributed by atoms with van der Waals surface area (Å²) in [6.45, 7) is 0. The third-order valence-electron chi connectivity index (χ3n) is 3.08. The monoisotopic (exact) mass is 257 g/mol. The summed E-state index contributed by atoms with van der Waals surface area (Å²) in [4.78, 5) is 12.5. The van der Waals surface area contributed by atoms with Gasteiger partial charge in [-0.2, -0.15) is 0 Å². The number of carbonyl (C=O) groups is 1. The Labute approximate surface area is 108 Å². The van der Waals surface area contributed by atoms with Gasteiger partial charge in [0.05, 0.1) is 16.1 Å². The number of aromatic carboxylic acids is 1. The lowest BCUT2D eigenvalue weighted by Gasteiger charge is -2.02. The quantitative estimate of drug-likeness (QED) is 0.762. The Kier molecular flexibility index (Phi) is 2.45. The molecule has 2 heterocycles. The summed E-state index contributed by atoms with van der Waals surface area (Å²) < 4.78 is 1.95. The van der Waals surface area contributed by atoms with E-state index in [4.69, 9.17) is 0 Å². The van der Waals surface area contributed by atoms with Gasteiger partial charge in [0.2, 0.25) is 0 Å². The third-order valence-corrected chi connectivity index (χ3v) is 3.95. The van der Waals surface area contributed by atoms with Crippen LogP contribution in [0.15, 0.2) is 41.8 Å². The molecule has 0 saturated carbocycles. The zero-order chi connectivity index (χ0) is 12.7. The van der Waals surface area contributed by atoms with Crippen molar-refractivity contribution in [1.29, 1.82) is 0 Å². The first-order valence-electron chi connectivity index (χ1n) is 5.54. The topological polar surface area (TPSA) is 42.2 Å². The summed E-state index contributed by atoms with van der Waals surface area (Å²) in [7, 11) is 1.91. The second-order valence-electron chi connectivity index (χ2n) is 4.08. The Balaban J connectivity index is 2.47. The number of carboxylic acids is 1. The Morgan fingerprint density at radius 2 is 2.00 bits per heavy atom. The minimum Gasteiger partial charge on any atom is -0.478 e. The van der Waals surface area contributed by atoms with Gasteiger partial charge in [-0.15, -0.1) is 11.3 Å². The molecule has 3 nitrogen and oxygen atoms in total. The van der Waals surface area contributed by atoms with Gasteiger partial charge in [-0.3, -0.25) is 0 Å². The molecule has 90 valence electrons. The lowest BCUT2D eigenvalue weighted by Crippen LogP contribution is -1.99. The average molecular weight is 257 g/mol. The van der Waals surface area contributed by atoms with Gasteiger partial charge >= 0.3 is 5.97 Å². The van der Waals surface area contributed by atoms with Crippen molar-refractivity contribution in [1.82, 2.24) is 4.57 Å². The molecule has 3 rings (SSSR count). The van der Waals surface area contributed by atoms with Crippen LogP contribution in [0.1, 0.15) is 10.4 Å². The molecular weight excluding hydrogens is 246 g/mol. The number of fused-ring (bicyclic) bond motifs is 1. The van der Waals surface area contributed by atoms with Gasteiger partial charge in [-0.25, -0.2) is 4.79 Å². The summed E-state index contributed by atoms with van der Waals surface area (Å²) >= 11 is 1.55. The largest absolute Gasteiger partial charge is 0.478 e. The van der Waals surface area contributed by atoms with E-state index >= 15 is 0 Å². The summed E-state index contributed by atoms with van der Waals surface area (Å²) in [6.07, 6.45) is 0. The molecule has 0 radical (unpaired) electrons. The molecular formula is C14H11NO2S. The standard InChI is InChI=1S/C14H11NO2S/c1-15-10-6-3-2-5-9(10)12(14(16)17)13(15)11-7-4-8-18-11/h2-8H,1H3,(H,16,17). The maximum absolute atomic E-state index is 11.5. The van der Waals surface area contributed by atoms with E-state index in [1.807, 2.05) is 53.4 Å². The van der Waals surface area contributed by atoms with Crippen LogP contribution in [-0.4, -0.2) is 15.6 Å². The lowest BCUT2D eigenvalue weighted by atomic mass is 10.1. The summed E-state index contributed by atoms with van der Waals surface area (Å²) in [6, 6.07) is 11.5. The molecule has 0 bridgehead atoms. The smallest absolute Gasteiger partial charge is 0.338 e. The van der Waals surface area contributed by atoms with Crippen molar-refractivity contribution in [3.63, 3.8) is 0 Å². The van der Waals surface area contributed by atoms with Crippen LogP contribution in [0.4, 0.5) is 0 Å². The Morgan fingerprint density at radius 3 is 2.67 bits per heavy atom. The number of carboxylic acid groups (broad SMARTS) is 1. The van der Waals surface area contributed by atoms with Gasteiger partial charge in [0.25, 0.3) is 0 Å². The molecule has 4 heteroatoms. The van der Waals surface area contributed by atoms with Gasteiger partial charge in [0.15, 0.2) is 0 Å². The van der Waals surface area contributed by atoms with Crippen molar-refractivity contribution in [2.75, 3.05) is 0 Å². The highest BCUT2D eigenvalue weighted by molar-refractivity contribution is 7.13. The molecule has 1 aromatic carbocycles. The average Bonchev–Trinajstić information content (AvgIpc) is 2.96. The first kappa shape index (κ1) is 11.0. The molecule has 0 spiro atoms. The fraction of sp³-hybridized carbons (Fsp3) is 0.0714. The van der Waals surface area contributed by atoms with Gasteiger partial charge < -0.3 is 9.67 Å². The van der Waals surface area contributed by atoms with Gasteiger partial charge in [-0.05, 0) is 17.5 Å². The highest BCUT2D eigenvalue weighted by Gasteiger charge is 2.21. The molecule has 0 atom stereocenters. The minimum atomic E-state index is -0.879. The molecule has 0 saturated heterocycles. The number of thiophene rings is 1. The van der Waals surface area contributed by atoms with Crippen LogP contribution >= 0.6 is 11.3 Å². The molecule has 0 unspecified atom stereocenters. The molecule has 1 N–H and O–H groups in total. The minimum absolute atomic E-state index is 0.385. The van der Waals surface area contributed by atoms with E-state index in [1.54, 1.807) is 11.3 Å². The molecule has 3 aromatic rings. The fourth-order valence-electron chi connectivity index (χ4n) is 2.31. The van der Waals surface area contributed by atoms with Crippen molar-refractivity contribution in [3.8, 4) is 10.6 Å². The molecule has 2 aromatic heterocycles. The van der Waals surface area contributed by atoms with E-state index in [9.17, 15) is 9.90 Å². The highest BCUT2D eigenvalue weighted by Crippen LogP contribution is 2.35. The Morgan fingerprint density at radius 1 is 1.22 bits per heavy atom. The van der Waals surface area contributed by atoms with Gasteiger partial charge in [-0.1, -0.05) is 24.3 Å². The Hall–Kier alpha value is -2.07. The first-order chi connectivity index (χ1) is 8.70. The molecule has 0 aliphatic heterocycles. The van der Waals surface area contributed by atoms with Crippen LogP contribution in [0.5, 0.6) is 0 Å². The molecule has 0 aliphatic rings. The number of aromatic nitrogens is 1. The van der Waals surface area contributed by atoms with E-state index in [0.717, 1.165) is 21.5 Å². The first-order valence-corrected chi connectivity index (χ1v) is 6.42. The van der Waals surface area contributed by atoms with Crippen LogP contribution in [0.2, 0.25) is 0 Å². The van der Waals surface area contributed by atoms with Crippen LogP contribution in [0, 0.1) is 0 Å². The van der Waals surface area contributed by atoms with E-state index in [-0.39, 0.29) is 0 Å². The van der Waals surface area contributed by atoms with Crippen molar-refractivity contribution in [2.24, 2.45) is 7.05 Å². The molecule has 0 aliphatic carbocycles. The molecule has 0 amide bonds. The maximum Gasteiger partial charge on any atom is 0.338 e. The second-order valence-corrected chi connectivity index (χ2v) is 5.03. The predicted molar refractivity (Wildman–Crippen MR) is 73.2 cm³/mol. The van der Waals surface area contributed by atoms with E-state index < -0.39 is 5.97 Å². The summed E-state index contributed by atoms with van der Waals surface area (Å²) in [5, 5.41) is 12.2.